The van der Waals surface area contributed by atoms with Gasteiger partial charge in [-0.3, -0.25) is 14.6 Å². The summed E-state index contributed by atoms with van der Waals surface area (Å²) in [7, 11) is 3.60. The van der Waals surface area contributed by atoms with E-state index in [0.29, 0.717) is 6.54 Å². The molecule has 1 fully saturated rings. The first-order chi connectivity index (χ1) is 19.1. The first kappa shape index (κ1) is 24.7. The fourth-order valence-electron chi connectivity index (χ4n) is 5.08. The average Bonchev–Trinajstić information content (AvgIpc) is 3.59. The van der Waals surface area contributed by atoms with E-state index in [4.69, 9.17) is 14.7 Å². The molecule has 39 heavy (non-hydrogen) atoms. The molecule has 0 spiro atoms. The zero-order valence-electron chi connectivity index (χ0n) is 22.2. The van der Waals surface area contributed by atoms with Gasteiger partial charge in [0.25, 0.3) is 0 Å². The monoisotopic (exact) mass is 521 g/mol. The molecule has 0 radical (unpaired) electrons. The Morgan fingerprint density at radius 1 is 0.974 bits per heavy atom. The molecule has 6 rings (SSSR count). The number of nitrogens with zero attached hydrogens (tertiary/aromatic N) is 9. The normalized spacial score (nSPS) is 14.2. The standard InChI is InChI=1S/C29H31N9O/c1-30-14-23-16-33-38-20-26(24-17-32-35(2)19-24)34-28(29(23)38)22-7-8-27(31-15-22)37-11-9-36(10-12-37)18-21-5-4-6-25(13-21)39-3/h4-8,13,15-17,19-20H,1,9-12,14,18H2,2-3H3. The highest BCUT2D eigenvalue weighted by Gasteiger charge is 2.20. The third-order valence-electron chi connectivity index (χ3n) is 7.11. The summed E-state index contributed by atoms with van der Waals surface area (Å²) < 4.78 is 9.00. The van der Waals surface area contributed by atoms with E-state index in [2.05, 4.69) is 56.0 Å². The third kappa shape index (κ3) is 5.10. The van der Waals surface area contributed by atoms with E-state index in [1.807, 2.05) is 54.7 Å². The largest absolute Gasteiger partial charge is 0.497 e. The van der Waals surface area contributed by atoms with Gasteiger partial charge in [0.05, 0.1) is 49.1 Å². The highest BCUT2D eigenvalue weighted by Crippen LogP contribution is 2.30. The van der Waals surface area contributed by atoms with Crippen molar-refractivity contribution in [3.63, 3.8) is 0 Å². The lowest BCUT2D eigenvalue weighted by Crippen LogP contribution is -2.46. The number of aryl methyl sites for hydroxylation is 1. The average molecular weight is 522 g/mol. The Morgan fingerprint density at radius 2 is 1.85 bits per heavy atom. The van der Waals surface area contributed by atoms with Crippen molar-refractivity contribution in [3.05, 3.63) is 78.5 Å². The Kier molecular flexibility index (Phi) is 6.76. The minimum absolute atomic E-state index is 0.468. The number of pyridine rings is 1. The molecular formula is C29H31N9O. The summed E-state index contributed by atoms with van der Waals surface area (Å²) in [5, 5.41) is 8.88. The van der Waals surface area contributed by atoms with Crippen LogP contribution >= 0.6 is 0 Å². The van der Waals surface area contributed by atoms with Crippen LogP contribution < -0.4 is 9.64 Å². The third-order valence-corrected chi connectivity index (χ3v) is 7.11. The molecular weight excluding hydrogens is 490 g/mol. The maximum absolute atomic E-state index is 5.37. The predicted octanol–water partition coefficient (Wildman–Crippen LogP) is 3.72. The van der Waals surface area contributed by atoms with Gasteiger partial charge in [0, 0.05) is 68.9 Å². The molecule has 10 heteroatoms. The van der Waals surface area contributed by atoms with E-state index >= 15 is 0 Å². The van der Waals surface area contributed by atoms with E-state index in [1.165, 1.54) is 5.56 Å². The lowest BCUT2D eigenvalue weighted by molar-refractivity contribution is 0.249. The molecule has 0 N–H and O–H groups in total. The lowest BCUT2D eigenvalue weighted by atomic mass is 10.1. The van der Waals surface area contributed by atoms with Gasteiger partial charge in [-0.2, -0.15) is 10.2 Å². The Bertz CT molecular complexity index is 1600. The zero-order chi connectivity index (χ0) is 26.8. The van der Waals surface area contributed by atoms with Crippen LogP contribution in [0.3, 0.4) is 0 Å². The molecule has 1 aromatic carbocycles. The summed E-state index contributed by atoms with van der Waals surface area (Å²) in [5.74, 6) is 1.87. The van der Waals surface area contributed by atoms with Crippen LogP contribution in [0.5, 0.6) is 5.75 Å². The van der Waals surface area contributed by atoms with Gasteiger partial charge in [-0.25, -0.2) is 14.5 Å². The molecule has 198 valence electrons. The number of rotatable bonds is 8. The molecule has 1 aliphatic rings. The number of ether oxygens (including phenoxy) is 1. The van der Waals surface area contributed by atoms with Gasteiger partial charge in [-0.1, -0.05) is 12.1 Å². The summed E-state index contributed by atoms with van der Waals surface area (Å²) >= 11 is 0. The Morgan fingerprint density at radius 3 is 2.56 bits per heavy atom. The summed E-state index contributed by atoms with van der Waals surface area (Å²) in [4.78, 5) is 18.8. The van der Waals surface area contributed by atoms with Gasteiger partial charge in [0.1, 0.15) is 11.6 Å². The van der Waals surface area contributed by atoms with Crippen molar-refractivity contribution in [3.8, 4) is 28.3 Å². The number of hydrogen-bond acceptors (Lipinski definition) is 8. The molecule has 0 unspecified atom stereocenters. The van der Waals surface area contributed by atoms with Crippen molar-refractivity contribution in [1.29, 1.82) is 0 Å². The van der Waals surface area contributed by atoms with Gasteiger partial charge in [-0.05, 0) is 36.5 Å². The zero-order valence-corrected chi connectivity index (χ0v) is 22.2. The highest BCUT2D eigenvalue weighted by molar-refractivity contribution is 5.81. The molecule has 1 aliphatic heterocycles. The maximum Gasteiger partial charge on any atom is 0.128 e. The van der Waals surface area contributed by atoms with E-state index in [1.54, 1.807) is 11.8 Å². The van der Waals surface area contributed by atoms with E-state index in [0.717, 1.165) is 77.9 Å². The van der Waals surface area contributed by atoms with Crippen molar-refractivity contribution in [1.82, 2.24) is 34.3 Å². The lowest BCUT2D eigenvalue weighted by Gasteiger charge is -2.35. The molecule has 1 saturated heterocycles. The second-order valence-corrected chi connectivity index (χ2v) is 9.74. The molecule has 0 aliphatic carbocycles. The van der Waals surface area contributed by atoms with Crippen LogP contribution in [0.15, 0.2) is 72.4 Å². The van der Waals surface area contributed by atoms with Crippen LogP contribution in [0.25, 0.3) is 28.0 Å². The minimum Gasteiger partial charge on any atom is -0.497 e. The fourth-order valence-corrected chi connectivity index (χ4v) is 5.08. The fraction of sp³-hybridized carbons (Fsp3) is 0.276. The molecule has 0 bridgehead atoms. The highest BCUT2D eigenvalue weighted by atomic mass is 16.5. The van der Waals surface area contributed by atoms with Gasteiger partial charge in [-0.15, -0.1) is 0 Å². The molecule has 10 nitrogen and oxygen atoms in total. The van der Waals surface area contributed by atoms with Crippen LogP contribution in [-0.4, -0.2) is 74.3 Å². The van der Waals surface area contributed by atoms with Crippen molar-refractivity contribution in [2.45, 2.75) is 13.1 Å². The smallest absolute Gasteiger partial charge is 0.128 e. The first-order valence-electron chi connectivity index (χ1n) is 13.0. The molecule has 4 aromatic heterocycles. The molecule has 5 aromatic rings. The van der Waals surface area contributed by atoms with Crippen LogP contribution in [-0.2, 0) is 20.1 Å². The van der Waals surface area contributed by atoms with Crippen molar-refractivity contribution in [2.75, 3.05) is 38.2 Å². The van der Waals surface area contributed by atoms with E-state index in [9.17, 15) is 0 Å². The molecule has 0 amide bonds. The number of methoxy groups -OCH3 is 1. The topological polar surface area (TPSA) is 89.0 Å². The molecule has 0 saturated carbocycles. The number of aliphatic imine (C=N–C) groups is 1. The number of hydrogen-bond donors (Lipinski definition) is 0. The van der Waals surface area contributed by atoms with Gasteiger partial charge < -0.3 is 9.64 Å². The van der Waals surface area contributed by atoms with Crippen molar-refractivity contribution >= 4 is 18.1 Å². The van der Waals surface area contributed by atoms with Gasteiger partial charge >= 0.3 is 0 Å². The molecule has 5 heterocycles. The number of piperazine rings is 1. The number of fused-ring (bicyclic) bond motifs is 1. The van der Waals surface area contributed by atoms with Crippen LogP contribution in [0.2, 0.25) is 0 Å². The Hall–Kier alpha value is -4.57. The quantitative estimate of drug-likeness (QED) is 0.288. The van der Waals surface area contributed by atoms with Gasteiger partial charge in [0.15, 0.2) is 0 Å². The summed E-state index contributed by atoms with van der Waals surface area (Å²) in [6, 6.07) is 12.5. The molecule has 0 atom stereocenters. The van der Waals surface area contributed by atoms with E-state index < -0.39 is 0 Å². The summed E-state index contributed by atoms with van der Waals surface area (Å²) in [5.41, 5.74) is 6.62. The van der Waals surface area contributed by atoms with Crippen LogP contribution in [0.4, 0.5) is 5.82 Å². The second-order valence-electron chi connectivity index (χ2n) is 9.74. The van der Waals surface area contributed by atoms with E-state index in [-0.39, 0.29) is 0 Å². The summed E-state index contributed by atoms with van der Waals surface area (Å²) in [6.07, 6.45) is 9.42. The van der Waals surface area contributed by atoms with Crippen molar-refractivity contribution < 1.29 is 4.74 Å². The minimum atomic E-state index is 0.468. The SMILES string of the molecule is C=NCc1cnn2cc(-c3cnn(C)c3)nc(-c3ccc(N4CCN(Cc5cccc(OC)c5)CC4)nc3)c12. The Balaban J connectivity index is 1.22. The Labute approximate surface area is 227 Å². The van der Waals surface area contributed by atoms with Crippen LogP contribution in [0.1, 0.15) is 11.1 Å². The number of anilines is 1. The number of aromatic nitrogens is 6. The first-order valence-corrected chi connectivity index (χ1v) is 13.0. The number of benzene rings is 1. The summed E-state index contributed by atoms with van der Waals surface area (Å²) in [6.45, 7) is 8.85. The maximum atomic E-state index is 5.37. The predicted molar refractivity (Wildman–Crippen MR) is 152 cm³/mol. The van der Waals surface area contributed by atoms with Crippen molar-refractivity contribution in [2.24, 2.45) is 12.0 Å². The second kappa shape index (κ2) is 10.7. The van der Waals surface area contributed by atoms with Gasteiger partial charge in [0.2, 0.25) is 0 Å². The van der Waals surface area contributed by atoms with Crippen LogP contribution in [0, 0.1) is 0 Å².